The SMILES string of the molecule is C=Cc1ccc(CCO[SiH2]CCC(OCC)OCC)cc1. The van der Waals surface area contributed by atoms with Gasteiger partial charge in [0, 0.05) is 19.8 Å². The standard InChI is InChI=1S/C17H28O3Si/c1-4-15-7-9-16(10-8-15)11-13-20-21-14-12-17(18-5-2)19-6-3/h4,7-10,17H,1,5-6,11-14,21H2,2-3H3. The summed E-state index contributed by atoms with van der Waals surface area (Å²) in [6.45, 7) is 9.97. The van der Waals surface area contributed by atoms with Crippen LogP contribution in [0.25, 0.3) is 6.08 Å². The fraction of sp³-hybridized carbons (Fsp3) is 0.529. The van der Waals surface area contributed by atoms with Crippen LogP contribution in [0.3, 0.4) is 0 Å². The number of hydrogen-bond acceptors (Lipinski definition) is 3. The lowest BCUT2D eigenvalue weighted by Crippen LogP contribution is -2.18. The van der Waals surface area contributed by atoms with Crippen molar-refractivity contribution in [3.8, 4) is 0 Å². The first kappa shape index (κ1) is 18.1. The molecule has 1 aromatic carbocycles. The fourth-order valence-electron chi connectivity index (χ4n) is 2.05. The fourth-order valence-corrected chi connectivity index (χ4v) is 3.10. The topological polar surface area (TPSA) is 27.7 Å². The molecular weight excluding hydrogens is 280 g/mol. The van der Waals surface area contributed by atoms with E-state index in [-0.39, 0.29) is 6.29 Å². The molecule has 3 nitrogen and oxygen atoms in total. The zero-order valence-electron chi connectivity index (χ0n) is 13.3. The lowest BCUT2D eigenvalue weighted by molar-refractivity contribution is -0.136. The first-order valence-corrected chi connectivity index (χ1v) is 9.40. The molecule has 0 heterocycles. The quantitative estimate of drug-likeness (QED) is 0.337. The molecule has 0 saturated heterocycles. The van der Waals surface area contributed by atoms with E-state index in [0.717, 1.165) is 31.1 Å². The lowest BCUT2D eigenvalue weighted by atomic mass is 10.1. The van der Waals surface area contributed by atoms with Crippen molar-refractivity contribution >= 4 is 15.8 Å². The van der Waals surface area contributed by atoms with Crippen molar-refractivity contribution in [1.82, 2.24) is 0 Å². The summed E-state index contributed by atoms with van der Waals surface area (Å²) in [6.07, 6.45) is 3.73. The van der Waals surface area contributed by atoms with Crippen LogP contribution in [0, 0.1) is 0 Å². The first-order chi connectivity index (χ1) is 10.3. The van der Waals surface area contributed by atoms with E-state index in [1.165, 1.54) is 5.56 Å². The number of ether oxygens (including phenoxy) is 2. The van der Waals surface area contributed by atoms with Crippen molar-refractivity contribution in [2.45, 2.75) is 39.0 Å². The Kier molecular flexibility index (Phi) is 10.1. The van der Waals surface area contributed by atoms with Gasteiger partial charge in [0.15, 0.2) is 16.1 Å². The zero-order chi connectivity index (χ0) is 15.3. The first-order valence-electron chi connectivity index (χ1n) is 7.82. The number of benzene rings is 1. The molecule has 0 atom stereocenters. The highest BCUT2D eigenvalue weighted by molar-refractivity contribution is 6.26. The molecule has 0 amide bonds. The van der Waals surface area contributed by atoms with Crippen LogP contribution in [-0.2, 0) is 20.3 Å². The van der Waals surface area contributed by atoms with E-state index in [1.807, 2.05) is 19.9 Å². The maximum atomic E-state index is 5.81. The monoisotopic (exact) mass is 308 g/mol. The minimum absolute atomic E-state index is 0.0532. The molecule has 0 unspecified atom stereocenters. The molecule has 0 aromatic heterocycles. The van der Waals surface area contributed by atoms with Gasteiger partial charge < -0.3 is 13.9 Å². The number of hydrogen-bond donors (Lipinski definition) is 0. The second-order valence-corrected chi connectivity index (χ2v) is 6.31. The minimum Gasteiger partial charge on any atom is -0.424 e. The molecular formula is C17H28O3Si. The summed E-state index contributed by atoms with van der Waals surface area (Å²) in [7, 11) is -0.470. The van der Waals surface area contributed by atoms with Crippen LogP contribution in [0.1, 0.15) is 31.4 Å². The van der Waals surface area contributed by atoms with Crippen LogP contribution in [0.4, 0.5) is 0 Å². The summed E-state index contributed by atoms with van der Waals surface area (Å²) in [4.78, 5) is 0. The molecule has 1 rings (SSSR count). The molecule has 0 spiro atoms. The molecule has 0 bridgehead atoms. The van der Waals surface area contributed by atoms with E-state index in [2.05, 4.69) is 30.8 Å². The smallest absolute Gasteiger partial charge is 0.161 e. The summed E-state index contributed by atoms with van der Waals surface area (Å²) in [6, 6.07) is 9.56. The maximum absolute atomic E-state index is 5.81. The molecule has 1 aromatic rings. The van der Waals surface area contributed by atoms with Gasteiger partial charge in [0.05, 0.1) is 0 Å². The van der Waals surface area contributed by atoms with E-state index >= 15 is 0 Å². The van der Waals surface area contributed by atoms with Gasteiger partial charge in [-0.2, -0.15) is 0 Å². The average molecular weight is 308 g/mol. The van der Waals surface area contributed by atoms with Crippen molar-refractivity contribution in [3.05, 3.63) is 42.0 Å². The van der Waals surface area contributed by atoms with E-state index in [0.29, 0.717) is 13.2 Å². The zero-order valence-corrected chi connectivity index (χ0v) is 14.8. The van der Waals surface area contributed by atoms with Crippen molar-refractivity contribution in [2.24, 2.45) is 0 Å². The van der Waals surface area contributed by atoms with Gasteiger partial charge in [0.1, 0.15) is 0 Å². The van der Waals surface area contributed by atoms with Crippen molar-refractivity contribution in [3.63, 3.8) is 0 Å². The van der Waals surface area contributed by atoms with Crippen LogP contribution in [0.5, 0.6) is 0 Å². The Hall–Kier alpha value is -0.943. The van der Waals surface area contributed by atoms with Gasteiger partial charge in [-0.25, -0.2) is 0 Å². The van der Waals surface area contributed by atoms with E-state index in [1.54, 1.807) is 0 Å². The highest BCUT2D eigenvalue weighted by Gasteiger charge is 2.07. The molecule has 0 aliphatic rings. The molecule has 0 aliphatic carbocycles. The predicted molar refractivity (Wildman–Crippen MR) is 91.2 cm³/mol. The summed E-state index contributed by atoms with van der Waals surface area (Å²) in [5.41, 5.74) is 2.48. The normalized spacial score (nSPS) is 11.6. The van der Waals surface area contributed by atoms with Gasteiger partial charge in [0.2, 0.25) is 0 Å². The largest absolute Gasteiger partial charge is 0.424 e. The van der Waals surface area contributed by atoms with Crippen molar-refractivity contribution < 1.29 is 13.9 Å². The summed E-state index contributed by atoms with van der Waals surface area (Å²) in [5.74, 6) is 0. The van der Waals surface area contributed by atoms with E-state index < -0.39 is 9.76 Å². The van der Waals surface area contributed by atoms with Crippen LogP contribution >= 0.6 is 0 Å². The summed E-state index contributed by atoms with van der Waals surface area (Å²) >= 11 is 0. The average Bonchev–Trinajstić information content (AvgIpc) is 2.51. The molecule has 0 saturated carbocycles. The van der Waals surface area contributed by atoms with Gasteiger partial charge >= 0.3 is 0 Å². The van der Waals surface area contributed by atoms with Gasteiger partial charge in [-0.1, -0.05) is 36.9 Å². The Labute approximate surface area is 131 Å². The molecule has 0 fully saturated rings. The van der Waals surface area contributed by atoms with E-state index in [9.17, 15) is 0 Å². The Morgan fingerprint density at radius 1 is 1.14 bits per heavy atom. The maximum Gasteiger partial charge on any atom is 0.161 e. The Balaban J connectivity index is 2.09. The molecule has 4 heteroatoms. The highest BCUT2D eigenvalue weighted by Crippen LogP contribution is 2.07. The third-order valence-electron chi connectivity index (χ3n) is 3.18. The third kappa shape index (κ3) is 8.17. The predicted octanol–water partition coefficient (Wildman–Crippen LogP) is 3.18. The summed E-state index contributed by atoms with van der Waals surface area (Å²) < 4.78 is 16.8. The van der Waals surface area contributed by atoms with E-state index in [4.69, 9.17) is 13.9 Å². The van der Waals surface area contributed by atoms with Gasteiger partial charge in [-0.05, 0) is 43.9 Å². The van der Waals surface area contributed by atoms with Crippen LogP contribution < -0.4 is 0 Å². The van der Waals surface area contributed by atoms with Crippen molar-refractivity contribution in [1.29, 1.82) is 0 Å². The lowest BCUT2D eigenvalue weighted by Gasteiger charge is -2.16. The summed E-state index contributed by atoms with van der Waals surface area (Å²) in [5, 5.41) is 0. The van der Waals surface area contributed by atoms with Gasteiger partial charge in [-0.15, -0.1) is 0 Å². The molecule has 0 radical (unpaired) electrons. The van der Waals surface area contributed by atoms with Crippen LogP contribution in [0.2, 0.25) is 6.04 Å². The van der Waals surface area contributed by atoms with Crippen molar-refractivity contribution in [2.75, 3.05) is 19.8 Å². The van der Waals surface area contributed by atoms with Crippen LogP contribution in [0.15, 0.2) is 30.8 Å². The second-order valence-electron chi connectivity index (χ2n) is 4.79. The third-order valence-corrected chi connectivity index (χ3v) is 4.46. The highest BCUT2D eigenvalue weighted by atomic mass is 28.2. The Bertz CT molecular complexity index is 372. The molecule has 118 valence electrons. The van der Waals surface area contributed by atoms with Crippen LogP contribution in [-0.4, -0.2) is 35.9 Å². The molecule has 21 heavy (non-hydrogen) atoms. The van der Waals surface area contributed by atoms with Gasteiger partial charge in [-0.3, -0.25) is 0 Å². The van der Waals surface area contributed by atoms with Gasteiger partial charge in [0.25, 0.3) is 0 Å². The second kappa shape index (κ2) is 11.7. The number of rotatable bonds is 12. The Morgan fingerprint density at radius 2 is 1.81 bits per heavy atom. The molecule has 0 aliphatic heterocycles. The minimum atomic E-state index is -0.470. The Morgan fingerprint density at radius 3 is 2.38 bits per heavy atom. The molecule has 0 N–H and O–H groups in total.